The zero-order valence-electron chi connectivity index (χ0n) is 9.36. The summed E-state index contributed by atoms with van der Waals surface area (Å²) >= 11 is 0. The van der Waals surface area contributed by atoms with Crippen LogP contribution in [0.5, 0.6) is 0 Å². The predicted molar refractivity (Wildman–Crippen MR) is 63.1 cm³/mol. The van der Waals surface area contributed by atoms with Gasteiger partial charge in [0.05, 0.1) is 6.42 Å². The van der Waals surface area contributed by atoms with Gasteiger partial charge in [-0.05, 0) is 23.3 Å². The maximum Gasteiger partial charge on any atom is 0.307 e. The second-order valence-electron chi connectivity index (χ2n) is 3.85. The lowest BCUT2D eigenvalue weighted by Crippen LogP contribution is -2.02. The molecule has 1 N–H and O–H groups in total. The molecule has 0 aliphatic carbocycles. The average Bonchev–Trinajstić information content (AvgIpc) is 2.30. The first-order valence-corrected chi connectivity index (χ1v) is 5.33. The van der Waals surface area contributed by atoms with Crippen molar-refractivity contribution in [3.05, 3.63) is 59.7 Å². The van der Waals surface area contributed by atoms with Crippen LogP contribution in [0.1, 0.15) is 5.56 Å². The summed E-state index contributed by atoms with van der Waals surface area (Å²) < 4.78 is 26.5. The molecule has 92 valence electrons. The van der Waals surface area contributed by atoms with Crippen LogP contribution in [-0.4, -0.2) is 11.1 Å². The van der Waals surface area contributed by atoms with Crippen LogP contribution in [0.15, 0.2) is 42.5 Å². The van der Waals surface area contributed by atoms with Crippen LogP contribution in [-0.2, 0) is 11.2 Å². The van der Waals surface area contributed by atoms with Crippen molar-refractivity contribution in [2.75, 3.05) is 0 Å². The van der Waals surface area contributed by atoms with Gasteiger partial charge in [-0.3, -0.25) is 4.79 Å². The molecule has 4 heteroatoms. The van der Waals surface area contributed by atoms with Crippen LogP contribution in [0.25, 0.3) is 11.1 Å². The third-order valence-corrected chi connectivity index (χ3v) is 2.58. The molecule has 2 aromatic rings. The minimum Gasteiger partial charge on any atom is -0.481 e. The Morgan fingerprint density at radius 1 is 1.06 bits per heavy atom. The highest BCUT2D eigenvalue weighted by molar-refractivity contribution is 5.76. The van der Waals surface area contributed by atoms with Crippen LogP contribution in [0.3, 0.4) is 0 Å². The Morgan fingerprint density at radius 2 is 1.78 bits per heavy atom. The summed E-state index contributed by atoms with van der Waals surface area (Å²) in [5.41, 5.74) is 1.17. The monoisotopic (exact) mass is 248 g/mol. The fourth-order valence-electron chi connectivity index (χ4n) is 1.81. The predicted octanol–water partition coefficient (Wildman–Crippen LogP) is 3.26. The Balaban J connectivity index is 2.53. The van der Waals surface area contributed by atoms with Gasteiger partial charge in [0.2, 0.25) is 0 Å². The van der Waals surface area contributed by atoms with Crippen molar-refractivity contribution in [1.29, 1.82) is 0 Å². The lowest BCUT2D eigenvalue weighted by atomic mass is 9.97. The summed E-state index contributed by atoms with van der Waals surface area (Å²) in [5, 5.41) is 8.80. The highest BCUT2D eigenvalue weighted by Crippen LogP contribution is 2.27. The van der Waals surface area contributed by atoms with E-state index in [0.717, 1.165) is 12.1 Å². The number of carboxylic acids is 1. The molecule has 0 radical (unpaired) electrons. The Bertz CT molecular complexity index is 594. The minimum absolute atomic E-state index is 0.201. The minimum atomic E-state index is -0.995. The van der Waals surface area contributed by atoms with Gasteiger partial charge in [0, 0.05) is 11.6 Å². The van der Waals surface area contributed by atoms with Crippen LogP contribution in [0, 0.1) is 11.6 Å². The summed E-state index contributed by atoms with van der Waals surface area (Å²) in [4.78, 5) is 10.7. The van der Waals surface area contributed by atoms with Gasteiger partial charge in [0.25, 0.3) is 0 Å². The van der Waals surface area contributed by atoms with E-state index in [9.17, 15) is 13.6 Å². The molecule has 0 heterocycles. The molecule has 2 aromatic carbocycles. The number of aliphatic carboxylic acids is 1. The summed E-state index contributed by atoms with van der Waals surface area (Å²) in [6, 6.07) is 9.85. The maximum absolute atomic E-state index is 13.7. The molecule has 2 rings (SSSR count). The number of rotatable bonds is 3. The molecule has 2 nitrogen and oxygen atoms in total. The zero-order valence-corrected chi connectivity index (χ0v) is 9.36. The van der Waals surface area contributed by atoms with Crippen LogP contribution in [0.4, 0.5) is 8.78 Å². The largest absolute Gasteiger partial charge is 0.481 e. The summed E-state index contributed by atoms with van der Waals surface area (Å²) in [7, 11) is 0. The van der Waals surface area contributed by atoms with Crippen molar-refractivity contribution < 1.29 is 18.7 Å². The van der Waals surface area contributed by atoms with E-state index in [1.54, 1.807) is 24.3 Å². The van der Waals surface area contributed by atoms with Crippen LogP contribution in [0.2, 0.25) is 0 Å². The third kappa shape index (κ3) is 2.53. The first-order chi connectivity index (χ1) is 8.58. The van der Waals surface area contributed by atoms with E-state index in [-0.39, 0.29) is 12.0 Å². The molecule has 0 bridgehead atoms. The summed E-state index contributed by atoms with van der Waals surface area (Å²) in [6.07, 6.45) is -0.201. The number of hydrogen-bond donors (Lipinski definition) is 1. The quantitative estimate of drug-likeness (QED) is 0.905. The van der Waals surface area contributed by atoms with Crippen molar-refractivity contribution >= 4 is 5.97 Å². The molecule has 0 aliphatic heterocycles. The molecule has 0 spiro atoms. The molecule has 0 fully saturated rings. The molecule has 0 saturated carbocycles. The number of hydrogen-bond acceptors (Lipinski definition) is 1. The Kier molecular flexibility index (Phi) is 3.37. The van der Waals surface area contributed by atoms with Gasteiger partial charge in [-0.1, -0.05) is 24.3 Å². The fraction of sp³-hybridized carbons (Fsp3) is 0.0714. The average molecular weight is 248 g/mol. The number of carbonyl (C=O) groups is 1. The molecule has 18 heavy (non-hydrogen) atoms. The van der Waals surface area contributed by atoms with Gasteiger partial charge in [0.15, 0.2) is 0 Å². The SMILES string of the molecule is O=C(O)Cc1ccccc1-c1ccc(F)cc1F. The van der Waals surface area contributed by atoms with Crippen molar-refractivity contribution in [2.24, 2.45) is 0 Å². The summed E-state index contributed by atoms with van der Waals surface area (Å²) in [5.74, 6) is -2.36. The van der Waals surface area contributed by atoms with Crippen LogP contribution >= 0.6 is 0 Å². The molecule has 0 unspecified atom stereocenters. The van der Waals surface area contributed by atoms with E-state index < -0.39 is 17.6 Å². The van der Waals surface area contributed by atoms with Crippen molar-refractivity contribution in [1.82, 2.24) is 0 Å². The molecular formula is C14H10F2O2. The molecule has 0 aromatic heterocycles. The third-order valence-electron chi connectivity index (χ3n) is 2.58. The van der Waals surface area contributed by atoms with E-state index in [4.69, 9.17) is 5.11 Å². The molecular weight excluding hydrogens is 238 g/mol. The van der Waals surface area contributed by atoms with Crippen molar-refractivity contribution in [3.8, 4) is 11.1 Å². The van der Waals surface area contributed by atoms with Gasteiger partial charge in [-0.15, -0.1) is 0 Å². The lowest BCUT2D eigenvalue weighted by molar-refractivity contribution is -0.136. The van der Waals surface area contributed by atoms with E-state index in [1.807, 2.05) is 0 Å². The smallest absolute Gasteiger partial charge is 0.307 e. The Morgan fingerprint density at radius 3 is 2.44 bits per heavy atom. The number of carboxylic acid groups (broad SMARTS) is 1. The van der Waals surface area contributed by atoms with E-state index in [0.29, 0.717) is 11.1 Å². The zero-order chi connectivity index (χ0) is 13.1. The fourth-order valence-corrected chi connectivity index (χ4v) is 1.81. The second kappa shape index (κ2) is 4.96. The van der Waals surface area contributed by atoms with Crippen molar-refractivity contribution in [3.63, 3.8) is 0 Å². The molecule has 0 aliphatic rings. The van der Waals surface area contributed by atoms with Gasteiger partial charge in [-0.2, -0.15) is 0 Å². The maximum atomic E-state index is 13.7. The molecule has 0 saturated heterocycles. The normalized spacial score (nSPS) is 10.3. The highest BCUT2D eigenvalue weighted by Gasteiger charge is 2.12. The van der Waals surface area contributed by atoms with Gasteiger partial charge >= 0.3 is 5.97 Å². The number of benzene rings is 2. The van der Waals surface area contributed by atoms with E-state index >= 15 is 0 Å². The molecule has 0 atom stereocenters. The number of halogens is 2. The Labute approximate surface area is 103 Å². The van der Waals surface area contributed by atoms with Gasteiger partial charge in [0.1, 0.15) is 11.6 Å². The van der Waals surface area contributed by atoms with E-state index in [1.165, 1.54) is 6.07 Å². The summed E-state index contributed by atoms with van der Waals surface area (Å²) in [6.45, 7) is 0. The topological polar surface area (TPSA) is 37.3 Å². The highest BCUT2D eigenvalue weighted by atomic mass is 19.1. The molecule has 0 amide bonds. The van der Waals surface area contributed by atoms with E-state index in [2.05, 4.69) is 0 Å². The van der Waals surface area contributed by atoms with Gasteiger partial charge < -0.3 is 5.11 Å². The lowest BCUT2D eigenvalue weighted by Gasteiger charge is -2.08. The van der Waals surface area contributed by atoms with Crippen LogP contribution < -0.4 is 0 Å². The standard InChI is InChI=1S/C14H10F2O2/c15-10-5-6-12(13(16)8-10)11-4-2-1-3-9(11)7-14(17)18/h1-6,8H,7H2,(H,17,18). The Hall–Kier alpha value is -2.23. The van der Waals surface area contributed by atoms with Crippen molar-refractivity contribution in [2.45, 2.75) is 6.42 Å². The second-order valence-corrected chi connectivity index (χ2v) is 3.85. The first kappa shape index (κ1) is 12.2. The first-order valence-electron chi connectivity index (χ1n) is 5.33. The van der Waals surface area contributed by atoms with Gasteiger partial charge in [-0.25, -0.2) is 8.78 Å².